The molecule has 1 heterocycles. The van der Waals surface area contributed by atoms with Gasteiger partial charge in [0.05, 0.1) is 15.8 Å². The monoisotopic (exact) mass is 321 g/mol. The van der Waals surface area contributed by atoms with E-state index >= 15 is 0 Å². The van der Waals surface area contributed by atoms with Crippen LogP contribution in [-0.4, -0.2) is 18.7 Å². The number of benzene rings is 2. The van der Waals surface area contributed by atoms with E-state index in [1.807, 2.05) is 0 Å². The third-order valence-electron chi connectivity index (χ3n) is 3.27. The summed E-state index contributed by atoms with van der Waals surface area (Å²) in [4.78, 5) is 11.0. The number of carbonyl (C=O) groups excluding carboxylic acids is 1. The number of hydrogen-bond acceptors (Lipinski definition) is 3. The van der Waals surface area contributed by atoms with E-state index in [1.165, 1.54) is 36.4 Å². The lowest BCUT2D eigenvalue weighted by Crippen LogP contribution is -2.15. The van der Waals surface area contributed by atoms with Crippen LogP contribution in [0.5, 0.6) is 0 Å². The van der Waals surface area contributed by atoms with Gasteiger partial charge in [-0.1, -0.05) is 24.3 Å². The van der Waals surface area contributed by atoms with Crippen LogP contribution in [0.3, 0.4) is 0 Å². The van der Waals surface area contributed by atoms with E-state index in [0.717, 1.165) is 6.07 Å². The predicted octanol–water partition coefficient (Wildman–Crippen LogP) is 2.97. The van der Waals surface area contributed by atoms with Crippen LogP contribution in [0.25, 0.3) is 10.9 Å². The summed E-state index contributed by atoms with van der Waals surface area (Å²) >= 11 is 0. The SMILES string of the molecule is O=Cc1c(F)c2c(F)cccc2n1S(=O)(=O)c1ccccc1. The van der Waals surface area contributed by atoms with Crippen LogP contribution >= 0.6 is 0 Å². The highest BCUT2D eigenvalue weighted by molar-refractivity contribution is 7.90. The molecule has 22 heavy (non-hydrogen) atoms. The number of hydrogen-bond donors (Lipinski definition) is 0. The molecule has 2 aromatic carbocycles. The average Bonchev–Trinajstić information content (AvgIpc) is 2.82. The topological polar surface area (TPSA) is 56.1 Å². The molecule has 3 rings (SSSR count). The van der Waals surface area contributed by atoms with Crippen molar-refractivity contribution in [3.8, 4) is 0 Å². The Hall–Kier alpha value is -2.54. The van der Waals surface area contributed by atoms with Crippen LogP contribution in [0.4, 0.5) is 8.78 Å². The van der Waals surface area contributed by atoms with Crippen molar-refractivity contribution < 1.29 is 22.0 Å². The number of rotatable bonds is 3. The molecule has 4 nitrogen and oxygen atoms in total. The maximum atomic E-state index is 14.2. The zero-order chi connectivity index (χ0) is 15.9. The lowest BCUT2D eigenvalue weighted by molar-refractivity contribution is 0.111. The standard InChI is InChI=1S/C15H9F2NO3S/c16-11-7-4-8-12-14(11)15(17)13(9-19)18(12)22(20,21)10-5-2-1-3-6-10/h1-9H. The minimum atomic E-state index is -4.23. The van der Waals surface area contributed by atoms with Gasteiger partial charge in [-0.3, -0.25) is 4.79 Å². The van der Waals surface area contributed by atoms with Crippen LogP contribution in [0.15, 0.2) is 53.4 Å². The van der Waals surface area contributed by atoms with E-state index in [9.17, 15) is 22.0 Å². The van der Waals surface area contributed by atoms with Gasteiger partial charge in [-0.2, -0.15) is 0 Å². The minimum Gasteiger partial charge on any atom is -0.296 e. The molecule has 0 aliphatic heterocycles. The first-order chi connectivity index (χ1) is 10.5. The maximum Gasteiger partial charge on any atom is 0.268 e. The second kappa shape index (κ2) is 5.03. The number of fused-ring (bicyclic) bond motifs is 1. The summed E-state index contributed by atoms with van der Waals surface area (Å²) in [5.74, 6) is -2.12. The van der Waals surface area contributed by atoms with Crippen molar-refractivity contribution in [1.82, 2.24) is 3.97 Å². The van der Waals surface area contributed by atoms with Crippen LogP contribution in [-0.2, 0) is 10.0 Å². The second-order valence-corrected chi connectivity index (χ2v) is 6.32. The lowest BCUT2D eigenvalue weighted by Gasteiger charge is -2.09. The van der Waals surface area contributed by atoms with Crippen LogP contribution in [0.1, 0.15) is 10.5 Å². The molecule has 0 amide bonds. The molecule has 0 N–H and O–H groups in total. The Labute approximate surface area is 124 Å². The van der Waals surface area contributed by atoms with Crippen molar-refractivity contribution in [1.29, 1.82) is 0 Å². The molecule has 0 radical (unpaired) electrons. The van der Waals surface area contributed by atoms with Crippen molar-refractivity contribution in [2.45, 2.75) is 4.90 Å². The fourth-order valence-electron chi connectivity index (χ4n) is 2.30. The Kier molecular flexibility index (Phi) is 3.29. The van der Waals surface area contributed by atoms with Gasteiger partial charge in [0.25, 0.3) is 10.0 Å². The van der Waals surface area contributed by atoms with Gasteiger partial charge in [0.2, 0.25) is 0 Å². The summed E-state index contributed by atoms with van der Waals surface area (Å²) in [6.07, 6.45) is 0.0647. The van der Waals surface area contributed by atoms with Gasteiger partial charge in [0.15, 0.2) is 12.1 Å². The molecule has 7 heteroatoms. The van der Waals surface area contributed by atoms with Gasteiger partial charge in [-0.25, -0.2) is 21.2 Å². The van der Waals surface area contributed by atoms with Crippen LogP contribution in [0.2, 0.25) is 0 Å². The van der Waals surface area contributed by atoms with E-state index < -0.39 is 32.7 Å². The number of aromatic nitrogens is 1. The van der Waals surface area contributed by atoms with Gasteiger partial charge in [-0.15, -0.1) is 0 Å². The van der Waals surface area contributed by atoms with E-state index in [1.54, 1.807) is 6.07 Å². The third-order valence-corrected chi connectivity index (χ3v) is 5.01. The molecule has 0 atom stereocenters. The highest BCUT2D eigenvalue weighted by atomic mass is 32.2. The molecule has 112 valence electrons. The summed E-state index contributed by atoms with van der Waals surface area (Å²) in [6, 6.07) is 10.7. The number of aldehydes is 1. The molecular weight excluding hydrogens is 312 g/mol. The molecule has 0 aliphatic carbocycles. The Morgan fingerprint density at radius 2 is 1.64 bits per heavy atom. The zero-order valence-electron chi connectivity index (χ0n) is 11.0. The van der Waals surface area contributed by atoms with E-state index in [4.69, 9.17) is 0 Å². The normalized spacial score (nSPS) is 11.7. The van der Waals surface area contributed by atoms with Gasteiger partial charge in [0, 0.05) is 0 Å². The zero-order valence-corrected chi connectivity index (χ0v) is 11.8. The maximum absolute atomic E-state index is 14.2. The van der Waals surface area contributed by atoms with E-state index in [-0.39, 0.29) is 16.7 Å². The predicted molar refractivity (Wildman–Crippen MR) is 76.3 cm³/mol. The molecule has 0 saturated carbocycles. The molecule has 3 aromatic rings. The number of carbonyl (C=O) groups is 1. The van der Waals surface area contributed by atoms with Gasteiger partial charge < -0.3 is 0 Å². The Morgan fingerprint density at radius 3 is 2.27 bits per heavy atom. The fraction of sp³-hybridized carbons (Fsp3) is 0. The fourth-order valence-corrected chi connectivity index (χ4v) is 3.81. The van der Waals surface area contributed by atoms with Crippen molar-refractivity contribution in [2.24, 2.45) is 0 Å². The average molecular weight is 321 g/mol. The smallest absolute Gasteiger partial charge is 0.268 e. The van der Waals surface area contributed by atoms with Crippen LogP contribution < -0.4 is 0 Å². The molecule has 0 bridgehead atoms. The summed E-state index contributed by atoms with van der Waals surface area (Å²) < 4.78 is 53.9. The molecule has 0 saturated heterocycles. The van der Waals surface area contributed by atoms with Crippen LogP contribution in [0, 0.1) is 11.6 Å². The molecular formula is C15H9F2NO3S. The third kappa shape index (κ3) is 1.93. The quantitative estimate of drug-likeness (QED) is 0.697. The molecule has 1 aromatic heterocycles. The molecule has 0 fully saturated rings. The first-order valence-electron chi connectivity index (χ1n) is 6.22. The van der Waals surface area contributed by atoms with Crippen molar-refractivity contribution in [3.63, 3.8) is 0 Å². The van der Waals surface area contributed by atoms with Gasteiger partial charge in [0.1, 0.15) is 11.5 Å². The number of halogens is 2. The van der Waals surface area contributed by atoms with E-state index in [0.29, 0.717) is 3.97 Å². The molecule has 0 unspecified atom stereocenters. The summed E-state index contributed by atoms with van der Waals surface area (Å²) in [5.41, 5.74) is -0.951. The highest BCUT2D eigenvalue weighted by Gasteiger charge is 2.28. The van der Waals surface area contributed by atoms with Gasteiger partial charge >= 0.3 is 0 Å². The first-order valence-corrected chi connectivity index (χ1v) is 7.66. The molecule has 0 spiro atoms. The second-order valence-electron chi connectivity index (χ2n) is 4.53. The van der Waals surface area contributed by atoms with Crippen molar-refractivity contribution >= 4 is 27.2 Å². The Balaban J connectivity index is 2.46. The Bertz CT molecular complexity index is 979. The molecule has 0 aliphatic rings. The van der Waals surface area contributed by atoms with E-state index in [2.05, 4.69) is 0 Å². The summed E-state index contributed by atoms with van der Waals surface area (Å²) in [7, 11) is -4.23. The van der Waals surface area contributed by atoms with Crippen molar-refractivity contribution in [3.05, 3.63) is 65.9 Å². The Morgan fingerprint density at radius 1 is 0.955 bits per heavy atom. The lowest BCUT2D eigenvalue weighted by atomic mass is 10.2. The highest BCUT2D eigenvalue weighted by Crippen LogP contribution is 2.30. The largest absolute Gasteiger partial charge is 0.296 e. The van der Waals surface area contributed by atoms with Crippen molar-refractivity contribution in [2.75, 3.05) is 0 Å². The summed E-state index contributed by atoms with van der Waals surface area (Å²) in [5, 5.41) is -0.524. The number of nitrogens with zero attached hydrogens (tertiary/aromatic N) is 1. The minimum absolute atomic E-state index is 0.0647. The first kappa shape index (κ1) is 14.4. The summed E-state index contributed by atoms with van der Waals surface area (Å²) in [6.45, 7) is 0. The van der Waals surface area contributed by atoms with Gasteiger partial charge in [-0.05, 0) is 24.3 Å².